The number of hydrogen-bond acceptors (Lipinski definition) is 5. The van der Waals surface area contributed by atoms with Crippen molar-refractivity contribution >= 4 is 11.9 Å². The molecule has 2 atom stereocenters. The summed E-state index contributed by atoms with van der Waals surface area (Å²) in [6.07, 6.45) is -4.42. The van der Waals surface area contributed by atoms with Crippen LogP contribution in [0, 0.1) is 11.8 Å². The van der Waals surface area contributed by atoms with Gasteiger partial charge in [0.1, 0.15) is 0 Å². The fourth-order valence-electron chi connectivity index (χ4n) is 3.21. The summed E-state index contributed by atoms with van der Waals surface area (Å²) in [7, 11) is 4.39. The number of halogens is 3. The average molecular weight is 417 g/mol. The molecule has 0 saturated carbocycles. The normalized spacial score (nSPS) is 19.8. The highest BCUT2D eigenvalue weighted by molar-refractivity contribution is 5.82. The number of carbonyl (C=O) groups is 1. The zero-order chi connectivity index (χ0) is 21.6. The molecule has 0 radical (unpaired) electrons. The number of benzene rings is 1. The second-order valence-corrected chi connectivity index (χ2v) is 6.80. The topological polar surface area (TPSA) is 72.4 Å². The van der Waals surface area contributed by atoms with Gasteiger partial charge in [0.05, 0.1) is 20.1 Å². The van der Waals surface area contributed by atoms with Crippen LogP contribution in [0.15, 0.2) is 23.2 Å². The molecule has 0 bridgehead atoms. The lowest BCUT2D eigenvalue weighted by Gasteiger charge is -2.22. The second kappa shape index (κ2) is 9.71. The number of ether oxygens (including phenoxy) is 3. The van der Waals surface area contributed by atoms with Gasteiger partial charge in [-0.1, -0.05) is 13.0 Å². The van der Waals surface area contributed by atoms with Gasteiger partial charge in [0.2, 0.25) is 0 Å². The van der Waals surface area contributed by atoms with E-state index in [1.54, 1.807) is 19.2 Å². The Labute approximate surface area is 167 Å². The lowest BCUT2D eigenvalue weighted by Crippen LogP contribution is -2.40. The minimum atomic E-state index is -4.42. The summed E-state index contributed by atoms with van der Waals surface area (Å²) in [6.45, 7) is 2.13. The Morgan fingerprint density at radius 3 is 2.59 bits per heavy atom. The van der Waals surface area contributed by atoms with Crippen molar-refractivity contribution < 1.29 is 32.2 Å². The number of esters is 1. The second-order valence-electron chi connectivity index (χ2n) is 6.80. The standard InChI is InChI=1S/C19H26F3N3O4/c1-12-9-25(10-14(12)17(26)28-4)18(23-2)24-8-13-5-6-15(16(7-13)27-3)29-11-19(20,21)22/h5-7,12,14H,8-11H2,1-4H3,(H,23,24). The molecule has 1 heterocycles. The fourth-order valence-corrected chi connectivity index (χ4v) is 3.21. The van der Waals surface area contributed by atoms with Gasteiger partial charge in [-0.15, -0.1) is 0 Å². The summed E-state index contributed by atoms with van der Waals surface area (Å²) in [5.74, 6) is 0.528. The molecule has 1 fully saturated rings. The van der Waals surface area contributed by atoms with E-state index in [1.807, 2.05) is 11.8 Å². The lowest BCUT2D eigenvalue weighted by molar-refractivity contribution is -0.153. The zero-order valence-electron chi connectivity index (χ0n) is 16.9. The molecule has 1 N–H and O–H groups in total. The Kier molecular flexibility index (Phi) is 7.58. The van der Waals surface area contributed by atoms with Crippen molar-refractivity contribution in [3.8, 4) is 11.5 Å². The van der Waals surface area contributed by atoms with Crippen molar-refractivity contribution in [3.05, 3.63) is 23.8 Å². The molecule has 162 valence electrons. The highest BCUT2D eigenvalue weighted by Crippen LogP contribution is 2.30. The Morgan fingerprint density at radius 1 is 1.28 bits per heavy atom. The van der Waals surface area contributed by atoms with Crippen LogP contribution in [0.4, 0.5) is 13.2 Å². The van der Waals surface area contributed by atoms with Crippen LogP contribution < -0.4 is 14.8 Å². The van der Waals surface area contributed by atoms with E-state index in [1.165, 1.54) is 20.3 Å². The summed E-state index contributed by atoms with van der Waals surface area (Å²) >= 11 is 0. The smallest absolute Gasteiger partial charge is 0.422 e. The van der Waals surface area contributed by atoms with Gasteiger partial charge in [-0.25, -0.2) is 0 Å². The van der Waals surface area contributed by atoms with Crippen LogP contribution in [-0.4, -0.2) is 64.0 Å². The van der Waals surface area contributed by atoms with Gasteiger partial charge < -0.3 is 24.4 Å². The molecule has 2 unspecified atom stereocenters. The predicted molar refractivity (Wildman–Crippen MR) is 101 cm³/mol. The van der Waals surface area contributed by atoms with E-state index < -0.39 is 12.8 Å². The first-order valence-electron chi connectivity index (χ1n) is 9.08. The highest BCUT2D eigenvalue weighted by Gasteiger charge is 2.36. The van der Waals surface area contributed by atoms with Gasteiger partial charge in [0, 0.05) is 26.7 Å². The number of hydrogen-bond donors (Lipinski definition) is 1. The number of alkyl halides is 3. The summed E-state index contributed by atoms with van der Waals surface area (Å²) < 4.78 is 51.8. The van der Waals surface area contributed by atoms with Crippen LogP contribution in [0.1, 0.15) is 12.5 Å². The summed E-state index contributed by atoms with van der Waals surface area (Å²) in [4.78, 5) is 18.1. The highest BCUT2D eigenvalue weighted by atomic mass is 19.4. The van der Waals surface area contributed by atoms with E-state index in [9.17, 15) is 18.0 Å². The fraction of sp³-hybridized carbons (Fsp3) is 0.579. The van der Waals surface area contributed by atoms with E-state index in [-0.39, 0.29) is 29.3 Å². The summed E-state index contributed by atoms with van der Waals surface area (Å²) in [6, 6.07) is 4.70. The monoisotopic (exact) mass is 417 g/mol. The van der Waals surface area contributed by atoms with Crippen LogP contribution in [0.25, 0.3) is 0 Å². The Bertz CT molecular complexity index is 740. The van der Waals surface area contributed by atoms with Gasteiger partial charge in [-0.05, 0) is 23.6 Å². The molecule has 0 amide bonds. The number of aliphatic imine (C=N–C) groups is 1. The molecule has 0 spiro atoms. The van der Waals surface area contributed by atoms with Crippen LogP contribution in [0.3, 0.4) is 0 Å². The largest absolute Gasteiger partial charge is 0.493 e. The number of nitrogens with zero attached hydrogens (tertiary/aromatic N) is 2. The molecule has 1 saturated heterocycles. The number of likely N-dealkylation sites (tertiary alicyclic amines) is 1. The molecule has 0 aliphatic carbocycles. The van der Waals surface area contributed by atoms with Crippen molar-refractivity contribution in [2.45, 2.75) is 19.6 Å². The van der Waals surface area contributed by atoms with Crippen molar-refractivity contribution in [2.24, 2.45) is 16.8 Å². The Balaban J connectivity index is 2.00. The molecule has 1 aliphatic heterocycles. The van der Waals surface area contributed by atoms with Gasteiger partial charge in [-0.2, -0.15) is 13.2 Å². The molecule has 1 aliphatic rings. The predicted octanol–water partition coefficient (Wildman–Crippen LogP) is 2.45. The number of guanidine groups is 1. The molecule has 29 heavy (non-hydrogen) atoms. The molecule has 2 rings (SSSR count). The molecule has 0 aromatic heterocycles. The summed E-state index contributed by atoms with van der Waals surface area (Å²) in [5.41, 5.74) is 0.777. The number of nitrogens with one attached hydrogen (secondary N) is 1. The van der Waals surface area contributed by atoms with Crippen LogP contribution >= 0.6 is 0 Å². The van der Waals surface area contributed by atoms with E-state index >= 15 is 0 Å². The van der Waals surface area contributed by atoms with Gasteiger partial charge in [0.15, 0.2) is 24.1 Å². The number of methoxy groups -OCH3 is 2. The van der Waals surface area contributed by atoms with E-state index in [4.69, 9.17) is 14.2 Å². The van der Waals surface area contributed by atoms with Crippen LogP contribution in [0.5, 0.6) is 11.5 Å². The maximum atomic E-state index is 12.4. The van der Waals surface area contributed by atoms with Crippen LogP contribution in [-0.2, 0) is 16.1 Å². The first-order valence-corrected chi connectivity index (χ1v) is 9.08. The third kappa shape index (κ3) is 6.16. The van der Waals surface area contributed by atoms with Gasteiger partial charge in [0.25, 0.3) is 0 Å². The molecule has 1 aromatic carbocycles. The van der Waals surface area contributed by atoms with Crippen molar-refractivity contribution in [3.63, 3.8) is 0 Å². The van der Waals surface area contributed by atoms with E-state index in [0.717, 1.165) is 5.56 Å². The maximum Gasteiger partial charge on any atom is 0.422 e. The van der Waals surface area contributed by atoms with E-state index in [0.29, 0.717) is 25.6 Å². The molecule has 7 nitrogen and oxygen atoms in total. The number of rotatable bonds is 6. The zero-order valence-corrected chi connectivity index (χ0v) is 16.9. The molecular weight excluding hydrogens is 391 g/mol. The Morgan fingerprint density at radius 2 is 2.00 bits per heavy atom. The third-order valence-electron chi connectivity index (χ3n) is 4.70. The first-order chi connectivity index (χ1) is 13.7. The lowest BCUT2D eigenvalue weighted by atomic mass is 9.99. The quantitative estimate of drug-likeness (QED) is 0.436. The molecular formula is C19H26F3N3O4. The maximum absolute atomic E-state index is 12.4. The van der Waals surface area contributed by atoms with Gasteiger partial charge in [-0.3, -0.25) is 9.79 Å². The SMILES string of the molecule is CN=C(NCc1ccc(OCC(F)(F)F)c(OC)c1)N1CC(C)C(C(=O)OC)C1. The minimum Gasteiger partial charge on any atom is -0.493 e. The Hall–Kier alpha value is -2.65. The van der Waals surface area contributed by atoms with Crippen molar-refractivity contribution in [1.82, 2.24) is 10.2 Å². The van der Waals surface area contributed by atoms with Crippen molar-refractivity contribution in [2.75, 3.05) is 41.0 Å². The minimum absolute atomic E-state index is 0.0206. The summed E-state index contributed by atoms with van der Waals surface area (Å²) in [5, 5.41) is 3.20. The van der Waals surface area contributed by atoms with Crippen LogP contribution in [0.2, 0.25) is 0 Å². The number of carbonyl (C=O) groups excluding carboxylic acids is 1. The average Bonchev–Trinajstić information content (AvgIpc) is 3.07. The van der Waals surface area contributed by atoms with Gasteiger partial charge >= 0.3 is 12.1 Å². The molecule has 1 aromatic rings. The molecule has 10 heteroatoms. The third-order valence-corrected chi connectivity index (χ3v) is 4.70. The van der Waals surface area contributed by atoms with E-state index in [2.05, 4.69) is 10.3 Å². The first kappa shape index (κ1) is 22.6. The van der Waals surface area contributed by atoms with Crippen molar-refractivity contribution in [1.29, 1.82) is 0 Å².